The molecule has 0 aromatic carbocycles. The minimum atomic E-state index is 0.209. The van der Waals surface area contributed by atoms with Gasteiger partial charge in [0, 0.05) is 6.07 Å². The first-order valence-corrected chi connectivity index (χ1v) is 5.42. The quantitative estimate of drug-likeness (QED) is 0.829. The third kappa shape index (κ3) is 2.85. The Morgan fingerprint density at radius 2 is 1.93 bits per heavy atom. The number of aromatic hydroxyl groups is 1. The predicted molar refractivity (Wildman–Crippen MR) is 60.4 cm³/mol. The van der Waals surface area contributed by atoms with Crippen LogP contribution in [0.25, 0.3) is 0 Å². The van der Waals surface area contributed by atoms with Gasteiger partial charge < -0.3 is 9.84 Å². The number of aromatic nitrogens is 1. The minimum Gasteiger partial charge on any atom is -0.506 e. The summed E-state index contributed by atoms with van der Waals surface area (Å²) in [4.78, 5) is 4.20. The molecular formula is C12H19NO2. The van der Waals surface area contributed by atoms with Crippen LogP contribution in [0.3, 0.4) is 0 Å². The largest absolute Gasteiger partial charge is 0.506 e. The highest BCUT2D eigenvalue weighted by Gasteiger charge is 2.09. The van der Waals surface area contributed by atoms with Crippen LogP contribution in [-0.4, -0.2) is 16.2 Å². The Morgan fingerprint density at radius 1 is 1.33 bits per heavy atom. The van der Waals surface area contributed by atoms with E-state index in [0.717, 1.165) is 18.4 Å². The number of ether oxygens (including phenoxy) is 1. The summed E-state index contributed by atoms with van der Waals surface area (Å²) < 4.78 is 5.71. The summed E-state index contributed by atoms with van der Waals surface area (Å²) in [6, 6.07) is 1.78. The van der Waals surface area contributed by atoms with Gasteiger partial charge in [-0.2, -0.15) is 0 Å². The Balaban J connectivity index is 2.87. The van der Waals surface area contributed by atoms with E-state index < -0.39 is 0 Å². The van der Waals surface area contributed by atoms with Gasteiger partial charge in [0.2, 0.25) is 5.88 Å². The van der Waals surface area contributed by atoms with Crippen LogP contribution >= 0.6 is 0 Å². The van der Waals surface area contributed by atoms with Crippen LogP contribution in [0.2, 0.25) is 0 Å². The standard InChI is InChI=1S/C12H19NO2/c1-5-10(6-2)15-11-7-8(3)12(14)9(4)13-11/h7,10,14H,5-6H2,1-4H3. The van der Waals surface area contributed by atoms with Gasteiger partial charge in [-0.05, 0) is 32.3 Å². The smallest absolute Gasteiger partial charge is 0.214 e. The summed E-state index contributed by atoms with van der Waals surface area (Å²) in [5.74, 6) is 0.864. The average Bonchev–Trinajstić information content (AvgIpc) is 2.22. The lowest BCUT2D eigenvalue weighted by Crippen LogP contribution is -2.14. The van der Waals surface area contributed by atoms with Crippen molar-refractivity contribution in [3.8, 4) is 11.6 Å². The molecule has 1 aromatic rings. The van der Waals surface area contributed by atoms with Gasteiger partial charge in [0.15, 0.2) is 0 Å². The fraction of sp³-hybridized carbons (Fsp3) is 0.583. The Hall–Kier alpha value is -1.25. The van der Waals surface area contributed by atoms with E-state index in [1.807, 2.05) is 6.92 Å². The molecule has 0 bridgehead atoms. The molecule has 0 amide bonds. The van der Waals surface area contributed by atoms with Gasteiger partial charge >= 0.3 is 0 Å². The molecule has 3 heteroatoms. The van der Waals surface area contributed by atoms with Gasteiger partial charge in [0.1, 0.15) is 5.75 Å². The maximum atomic E-state index is 9.56. The van der Waals surface area contributed by atoms with Crippen LogP contribution < -0.4 is 4.74 Å². The molecule has 1 aromatic heterocycles. The highest BCUT2D eigenvalue weighted by atomic mass is 16.5. The van der Waals surface area contributed by atoms with Crippen molar-refractivity contribution in [1.29, 1.82) is 0 Å². The monoisotopic (exact) mass is 209 g/mol. The van der Waals surface area contributed by atoms with E-state index in [-0.39, 0.29) is 11.9 Å². The van der Waals surface area contributed by atoms with E-state index in [1.165, 1.54) is 0 Å². The second-order valence-electron chi connectivity index (χ2n) is 3.77. The van der Waals surface area contributed by atoms with E-state index in [1.54, 1.807) is 13.0 Å². The molecule has 0 aliphatic rings. The maximum Gasteiger partial charge on any atom is 0.214 e. The molecule has 0 spiro atoms. The van der Waals surface area contributed by atoms with Crippen molar-refractivity contribution in [1.82, 2.24) is 4.98 Å². The zero-order valence-electron chi connectivity index (χ0n) is 9.87. The normalized spacial score (nSPS) is 10.7. The van der Waals surface area contributed by atoms with Crippen LogP contribution in [0.15, 0.2) is 6.07 Å². The van der Waals surface area contributed by atoms with Gasteiger partial charge in [-0.25, -0.2) is 4.98 Å². The number of hydrogen-bond donors (Lipinski definition) is 1. The summed E-state index contributed by atoms with van der Waals surface area (Å²) >= 11 is 0. The molecule has 0 unspecified atom stereocenters. The Morgan fingerprint density at radius 3 is 2.40 bits per heavy atom. The first-order valence-electron chi connectivity index (χ1n) is 5.42. The SMILES string of the molecule is CCC(CC)Oc1cc(C)c(O)c(C)n1. The zero-order valence-corrected chi connectivity index (χ0v) is 9.87. The van der Waals surface area contributed by atoms with E-state index in [4.69, 9.17) is 4.74 Å². The van der Waals surface area contributed by atoms with Crippen LogP contribution in [0.1, 0.15) is 37.9 Å². The van der Waals surface area contributed by atoms with Crippen molar-refractivity contribution in [2.45, 2.75) is 46.6 Å². The molecule has 0 atom stereocenters. The molecule has 3 nitrogen and oxygen atoms in total. The summed E-state index contributed by atoms with van der Waals surface area (Å²) in [5, 5.41) is 9.56. The van der Waals surface area contributed by atoms with Crippen LogP contribution in [0.4, 0.5) is 0 Å². The van der Waals surface area contributed by atoms with Crippen molar-refractivity contribution >= 4 is 0 Å². The first-order chi connectivity index (χ1) is 7.08. The molecule has 1 N–H and O–H groups in total. The summed E-state index contributed by atoms with van der Waals surface area (Å²) in [6.07, 6.45) is 2.15. The highest BCUT2D eigenvalue weighted by molar-refractivity contribution is 5.37. The van der Waals surface area contributed by atoms with Crippen LogP contribution in [0, 0.1) is 13.8 Å². The maximum absolute atomic E-state index is 9.56. The Kier molecular flexibility index (Phi) is 3.95. The van der Waals surface area contributed by atoms with Crippen molar-refractivity contribution in [2.75, 3.05) is 0 Å². The molecular weight excluding hydrogens is 190 g/mol. The molecule has 1 heterocycles. The second kappa shape index (κ2) is 5.01. The zero-order chi connectivity index (χ0) is 11.4. The topological polar surface area (TPSA) is 42.4 Å². The number of nitrogens with zero attached hydrogens (tertiary/aromatic N) is 1. The lowest BCUT2D eigenvalue weighted by atomic mass is 10.2. The molecule has 1 rings (SSSR count). The summed E-state index contributed by atoms with van der Waals surface area (Å²) in [5.41, 5.74) is 1.43. The van der Waals surface area contributed by atoms with Gasteiger partial charge in [0.25, 0.3) is 0 Å². The van der Waals surface area contributed by atoms with Gasteiger partial charge in [-0.3, -0.25) is 0 Å². The average molecular weight is 209 g/mol. The molecule has 0 aliphatic heterocycles. The fourth-order valence-corrected chi connectivity index (χ4v) is 1.48. The van der Waals surface area contributed by atoms with Crippen molar-refractivity contribution in [2.24, 2.45) is 0 Å². The molecule has 84 valence electrons. The predicted octanol–water partition coefficient (Wildman–Crippen LogP) is 2.97. The molecule has 15 heavy (non-hydrogen) atoms. The highest BCUT2D eigenvalue weighted by Crippen LogP contribution is 2.24. The van der Waals surface area contributed by atoms with E-state index in [9.17, 15) is 5.11 Å². The van der Waals surface area contributed by atoms with Gasteiger partial charge in [0.05, 0.1) is 11.8 Å². The fourth-order valence-electron chi connectivity index (χ4n) is 1.48. The number of rotatable bonds is 4. The van der Waals surface area contributed by atoms with E-state index in [0.29, 0.717) is 11.6 Å². The lowest BCUT2D eigenvalue weighted by molar-refractivity contribution is 0.184. The number of hydrogen-bond acceptors (Lipinski definition) is 3. The van der Waals surface area contributed by atoms with E-state index >= 15 is 0 Å². The summed E-state index contributed by atoms with van der Waals surface area (Å²) in [7, 11) is 0. The third-order valence-corrected chi connectivity index (χ3v) is 2.53. The first kappa shape index (κ1) is 11.8. The van der Waals surface area contributed by atoms with Gasteiger partial charge in [-0.1, -0.05) is 13.8 Å². The Bertz CT molecular complexity index is 309. The molecule has 0 fully saturated rings. The van der Waals surface area contributed by atoms with Crippen LogP contribution in [0.5, 0.6) is 11.6 Å². The summed E-state index contributed by atoms with van der Waals surface area (Å²) in [6.45, 7) is 7.81. The second-order valence-corrected chi connectivity index (χ2v) is 3.77. The third-order valence-electron chi connectivity index (χ3n) is 2.53. The Labute approximate surface area is 91.1 Å². The lowest BCUT2D eigenvalue weighted by Gasteiger charge is -2.15. The van der Waals surface area contributed by atoms with Crippen LogP contribution in [-0.2, 0) is 0 Å². The molecule has 0 saturated carbocycles. The van der Waals surface area contributed by atoms with Gasteiger partial charge in [-0.15, -0.1) is 0 Å². The van der Waals surface area contributed by atoms with Crippen molar-refractivity contribution in [3.05, 3.63) is 17.3 Å². The van der Waals surface area contributed by atoms with E-state index in [2.05, 4.69) is 18.8 Å². The molecule has 0 radical (unpaired) electrons. The molecule has 0 saturated heterocycles. The van der Waals surface area contributed by atoms with Crippen molar-refractivity contribution < 1.29 is 9.84 Å². The number of pyridine rings is 1. The minimum absolute atomic E-state index is 0.209. The molecule has 0 aliphatic carbocycles. The number of aryl methyl sites for hydroxylation is 2. The van der Waals surface area contributed by atoms with Crippen molar-refractivity contribution in [3.63, 3.8) is 0 Å².